The molecule has 0 unspecified atom stereocenters. The Balaban J connectivity index is 1.73. The van der Waals surface area contributed by atoms with Crippen LogP contribution in [0.15, 0.2) is 67.3 Å². The Kier molecular flexibility index (Phi) is 7.27. The molecule has 2 aromatic carbocycles. The third-order valence-corrected chi connectivity index (χ3v) is 4.55. The van der Waals surface area contributed by atoms with Crippen LogP contribution in [0.2, 0.25) is 0 Å². The number of nitrogens with zero attached hydrogens (tertiary/aromatic N) is 1. The van der Waals surface area contributed by atoms with Gasteiger partial charge in [-0.05, 0) is 42.3 Å². The molecule has 0 fully saturated rings. The molecule has 0 spiro atoms. The summed E-state index contributed by atoms with van der Waals surface area (Å²) in [7, 11) is 0. The number of hydrogen-bond acceptors (Lipinski definition) is 4. The lowest BCUT2D eigenvalue weighted by molar-refractivity contribution is -0.128. The summed E-state index contributed by atoms with van der Waals surface area (Å²) in [5.41, 5.74) is 1.52. The van der Waals surface area contributed by atoms with E-state index in [-0.39, 0.29) is 18.4 Å². The van der Waals surface area contributed by atoms with Crippen molar-refractivity contribution >= 4 is 23.6 Å². The summed E-state index contributed by atoms with van der Waals surface area (Å²) in [5, 5.41) is 2.83. The van der Waals surface area contributed by atoms with Crippen molar-refractivity contribution in [2.45, 2.75) is 19.4 Å². The minimum atomic E-state index is -0.745. The lowest BCUT2D eigenvalue weighted by atomic mass is 10.1. The van der Waals surface area contributed by atoms with Gasteiger partial charge in [-0.1, -0.05) is 43.8 Å². The number of anilines is 1. The minimum absolute atomic E-state index is 0.157. The monoisotopic (exact) mass is 406 g/mol. The summed E-state index contributed by atoms with van der Waals surface area (Å²) in [6.45, 7) is 6.77. The molecule has 6 nitrogen and oxygen atoms in total. The van der Waals surface area contributed by atoms with Gasteiger partial charge in [0.1, 0.15) is 18.1 Å². The van der Waals surface area contributed by atoms with Gasteiger partial charge < -0.3 is 19.7 Å². The number of hydrogen-bond donors (Lipinski definition) is 1. The molecule has 1 N–H and O–H groups in total. The van der Waals surface area contributed by atoms with Crippen molar-refractivity contribution in [2.24, 2.45) is 0 Å². The fourth-order valence-electron chi connectivity index (χ4n) is 3.03. The van der Waals surface area contributed by atoms with Crippen molar-refractivity contribution in [2.75, 3.05) is 24.6 Å². The molecule has 1 aliphatic rings. The highest BCUT2D eigenvalue weighted by atomic mass is 16.5. The molecule has 0 bridgehead atoms. The zero-order valence-corrected chi connectivity index (χ0v) is 17.0. The fraction of sp³-hybridized carbons (Fsp3) is 0.250. The van der Waals surface area contributed by atoms with E-state index in [1.807, 2.05) is 49.4 Å². The van der Waals surface area contributed by atoms with Crippen LogP contribution in [0.25, 0.3) is 6.08 Å². The Labute approximate surface area is 176 Å². The van der Waals surface area contributed by atoms with Gasteiger partial charge in [0.25, 0.3) is 11.8 Å². The highest BCUT2D eigenvalue weighted by molar-refractivity contribution is 6.05. The van der Waals surface area contributed by atoms with E-state index < -0.39 is 6.10 Å². The number of carbonyl (C=O) groups is 2. The van der Waals surface area contributed by atoms with Gasteiger partial charge in [0, 0.05) is 12.6 Å². The van der Waals surface area contributed by atoms with E-state index in [1.54, 1.807) is 23.1 Å². The summed E-state index contributed by atoms with van der Waals surface area (Å²) >= 11 is 0. The fourth-order valence-corrected chi connectivity index (χ4v) is 3.03. The Morgan fingerprint density at radius 1 is 1.23 bits per heavy atom. The number of para-hydroxylation sites is 2. The molecule has 0 radical (unpaired) electrons. The third-order valence-electron chi connectivity index (χ3n) is 4.55. The first-order valence-electron chi connectivity index (χ1n) is 9.99. The first kappa shape index (κ1) is 21.2. The van der Waals surface area contributed by atoms with Crippen molar-refractivity contribution in [1.82, 2.24) is 5.32 Å². The second kappa shape index (κ2) is 10.3. The standard InChI is InChI=1S/C24H26N2O4/c1-3-15-25-24(28)22-17-26(20-7-5-6-8-21(20)30-22)23(27)14-11-18-9-12-19(13-10-18)29-16-4-2/h4-14,22H,2-3,15-17H2,1H3,(H,25,28)/b14-11+/t22-/m0/s1. The number of rotatable bonds is 8. The molecule has 0 aromatic heterocycles. The van der Waals surface area contributed by atoms with E-state index >= 15 is 0 Å². The second-order valence-electron chi connectivity index (χ2n) is 6.82. The number of nitrogens with one attached hydrogen (secondary N) is 1. The maximum atomic E-state index is 12.9. The molecule has 156 valence electrons. The summed E-state index contributed by atoms with van der Waals surface area (Å²) < 4.78 is 11.3. The van der Waals surface area contributed by atoms with Crippen molar-refractivity contribution in [3.05, 3.63) is 72.8 Å². The van der Waals surface area contributed by atoms with E-state index in [0.29, 0.717) is 24.6 Å². The van der Waals surface area contributed by atoms with Crippen LogP contribution in [-0.2, 0) is 9.59 Å². The van der Waals surface area contributed by atoms with Gasteiger partial charge in [0.2, 0.25) is 0 Å². The molecule has 30 heavy (non-hydrogen) atoms. The summed E-state index contributed by atoms with van der Waals surface area (Å²) in [4.78, 5) is 26.9. The predicted octanol–water partition coefficient (Wildman–Crippen LogP) is 3.59. The van der Waals surface area contributed by atoms with E-state index in [4.69, 9.17) is 9.47 Å². The average molecular weight is 406 g/mol. The van der Waals surface area contributed by atoms with Crippen LogP contribution >= 0.6 is 0 Å². The van der Waals surface area contributed by atoms with E-state index in [2.05, 4.69) is 11.9 Å². The smallest absolute Gasteiger partial charge is 0.262 e. The topological polar surface area (TPSA) is 67.9 Å². The lowest BCUT2D eigenvalue weighted by Crippen LogP contribution is -2.50. The second-order valence-corrected chi connectivity index (χ2v) is 6.82. The molecular weight excluding hydrogens is 380 g/mol. The van der Waals surface area contributed by atoms with E-state index in [0.717, 1.165) is 17.7 Å². The maximum absolute atomic E-state index is 12.9. The van der Waals surface area contributed by atoms with Crippen LogP contribution in [-0.4, -0.2) is 37.6 Å². The molecule has 6 heteroatoms. The van der Waals surface area contributed by atoms with Gasteiger partial charge in [-0.25, -0.2) is 0 Å². The van der Waals surface area contributed by atoms with Gasteiger partial charge in [-0.3, -0.25) is 9.59 Å². The van der Waals surface area contributed by atoms with Crippen LogP contribution in [0.1, 0.15) is 18.9 Å². The molecule has 1 aliphatic heterocycles. The van der Waals surface area contributed by atoms with Gasteiger partial charge in [0.15, 0.2) is 6.10 Å². The van der Waals surface area contributed by atoms with E-state index in [9.17, 15) is 9.59 Å². The quantitative estimate of drug-likeness (QED) is 0.537. The van der Waals surface area contributed by atoms with Gasteiger partial charge in [-0.2, -0.15) is 0 Å². The predicted molar refractivity (Wildman–Crippen MR) is 118 cm³/mol. The Morgan fingerprint density at radius 3 is 2.73 bits per heavy atom. The van der Waals surface area contributed by atoms with Gasteiger partial charge >= 0.3 is 0 Å². The summed E-state index contributed by atoms with van der Waals surface area (Å²) in [5.74, 6) is 0.821. The molecule has 0 aliphatic carbocycles. The van der Waals surface area contributed by atoms with Gasteiger partial charge in [0.05, 0.1) is 12.2 Å². The lowest BCUT2D eigenvalue weighted by Gasteiger charge is -2.33. The van der Waals surface area contributed by atoms with Crippen LogP contribution in [0, 0.1) is 0 Å². The largest absolute Gasteiger partial charge is 0.490 e. The average Bonchev–Trinajstić information content (AvgIpc) is 2.79. The van der Waals surface area contributed by atoms with Crippen LogP contribution in [0.3, 0.4) is 0 Å². The number of benzene rings is 2. The Bertz CT molecular complexity index is 921. The normalized spacial score (nSPS) is 15.2. The number of carbonyl (C=O) groups excluding carboxylic acids is 2. The third kappa shape index (κ3) is 5.29. The SMILES string of the molecule is C=CCOc1ccc(/C=C/C(=O)N2C[C@@H](C(=O)NCCC)Oc3ccccc32)cc1. The van der Waals surface area contributed by atoms with Gasteiger partial charge in [-0.15, -0.1) is 0 Å². The van der Waals surface area contributed by atoms with Crippen LogP contribution < -0.4 is 19.7 Å². The highest BCUT2D eigenvalue weighted by Gasteiger charge is 2.32. The minimum Gasteiger partial charge on any atom is -0.490 e. The molecule has 0 saturated carbocycles. The number of fused-ring (bicyclic) bond motifs is 1. The Hall–Kier alpha value is -3.54. The van der Waals surface area contributed by atoms with Crippen molar-refractivity contribution < 1.29 is 19.1 Å². The molecule has 1 atom stereocenters. The molecule has 3 rings (SSSR count). The molecule has 0 saturated heterocycles. The number of ether oxygens (including phenoxy) is 2. The van der Waals surface area contributed by atoms with Crippen molar-refractivity contribution in [1.29, 1.82) is 0 Å². The zero-order valence-electron chi connectivity index (χ0n) is 17.0. The van der Waals surface area contributed by atoms with Crippen LogP contribution in [0.4, 0.5) is 5.69 Å². The summed E-state index contributed by atoms with van der Waals surface area (Å²) in [6.07, 6.45) is 5.01. The first-order valence-corrected chi connectivity index (χ1v) is 9.99. The molecule has 2 aromatic rings. The van der Waals surface area contributed by atoms with Crippen molar-refractivity contribution in [3.63, 3.8) is 0 Å². The number of amides is 2. The molecule has 1 heterocycles. The molecular formula is C24H26N2O4. The maximum Gasteiger partial charge on any atom is 0.262 e. The van der Waals surface area contributed by atoms with Crippen molar-refractivity contribution in [3.8, 4) is 11.5 Å². The highest BCUT2D eigenvalue weighted by Crippen LogP contribution is 2.33. The molecule has 2 amide bonds. The van der Waals surface area contributed by atoms with E-state index in [1.165, 1.54) is 6.08 Å². The zero-order chi connectivity index (χ0) is 21.3. The first-order chi connectivity index (χ1) is 14.6. The summed E-state index contributed by atoms with van der Waals surface area (Å²) in [6, 6.07) is 14.7. The van der Waals surface area contributed by atoms with Crippen LogP contribution in [0.5, 0.6) is 11.5 Å². The Morgan fingerprint density at radius 2 is 2.00 bits per heavy atom.